The van der Waals surface area contributed by atoms with Gasteiger partial charge in [-0.2, -0.15) is 13.2 Å². The topological polar surface area (TPSA) is 70.6 Å². The normalized spacial score (nSPS) is 16.3. The molecule has 1 aromatic carbocycles. The monoisotopic (exact) mass is 455 g/mol. The van der Waals surface area contributed by atoms with Crippen molar-refractivity contribution in [2.45, 2.75) is 37.2 Å². The lowest BCUT2D eigenvalue weighted by atomic mass is 10.1. The van der Waals surface area contributed by atoms with E-state index < -0.39 is 37.8 Å². The van der Waals surface area contributed by atoms with Crippen molar-refractivity contribution >= 4 is 21.4 Å². The van der Waals surface area contributed by atoms with Gasteiger partial charge in [0.1, 0.15) is 5.25 Å². The Hall–Kier alpha value is -2.62. The maximum atomic E-state index is 12.8. The number of nitrogens with zero attached hydrogens (tertiary/aromatic N) is 3. The number of pyridine rings is 1. The van der Waals surface area contributed by atoms with E-state index in [4.69, 9.17) is 0 Å². The highest BCUT2D eigenvalue weighted by atomic mass is 32.2. The third kappa shape index (κ3) is 4.84. The molecule has 1 amide bonds. The van der Waals surface area contributed by atoms with Crippen LogP contribution in [0.3, 0.4) is 0 Å². The molecule has 0 aliphatic carbocycles. The van der Waals surface area contributed by atoms with Crippen molar-refractivity contribution in [1.29, 1.82) is 0 Å². The van der Waals surface area contributed by atoms with E-state index in [2.05, 4.69) is 16.0 Å². The van der Waals surface area contributed by atoms with Gasteiger partial charge in [-0.25, -0.2) is 13.4 Å². The molecule has 31 heavy (non-hydrogen) atoms. The minimum atomic E-state index is -4.62. The summed E-state index contributed by atoms with van der Waals surface area (Å²) in [5, 5.41) is -1.99. The molecule has 2 heterocycles. The molecule has 1 aromatic heterocycles. The number of rotatable bonds is 4. The molecule has 0 spiro atoms. The summed E-state index contributed by atoms with van der Waals surface area (Å²) in [4.78, 5) is 19.9. The quantitative estimate of drug-likeness (QED) is 0.708. The zero-order chi connectivity index (χ0) is 23.0. The van der Waals surface area contributed by atoms with Crippen molar-refractivity contribution in [3.63, 3.8) is 0 Å². The van der Waals surface area contributed by atoms with Crippen molar-refractivity contribution in [3.8, 4) is 0 Å². The Kier molecular flexibility index (Phi) is 6.31. The van der Waals surface area contributed by atoms with E-state index in [-0.39, 0.29) is 0 Å². The standard InChI is InChI=1S/C21H24F3N3O3S/c1-14-4-5-15(2)18(12-14)26-8-10-27(11-9-26)20(28)16(3)31(29,30)19-7-6-17(13-25-19)21(22,23)24/h4-7,12-13,16H,8-11H2,1-3H3. The minimum absolute atomic E-state index is 0.354. The first kappa shape index (κ1) is 23.1. The zero-order valence-corrected chi connectivity index (χ0v) is 18.3. The van der Waals surface area contributed by atoms with Crippen LogP contribution in [-0.4, -0.2) is 55.6 Å². The number of amides is 1. The molecule has 0 N–H and O–H groups in total. The lowest BCUT2D eigenvalue weighted by molar-refractivity contribution is -0.138. The Morgan fingerprint density at radius 1 is 1.06 bits per heavy atom. The van der Waals surface area contributed by atoms with Crippen molar-refractivity contribution in [1.82, 2.24) is 9.88 Å². The van der Waals surface area contributed by atoms with Gasteiger partial charge in [0.2, 0.25) is 15.7 Å². The van der Waals surface area contributed by atoms with E-state index >= 15 is 0 Å². The molecular formula is C21H24F3N3O3S. The minimum Gasteiger partial charge on any atom is -0.368 e. The Labute approximate surface area is 179 Å². The van der Waals surface area contributed by atoms with Gasteiger partial charge in [-0.3, -0.25) is 4.79 Å². The van der Waals surface area contributed by atoms with Gasteiger partial charge in [-0.15, -0.1) is 0 Å². The Bertz CT molecular complexity index is 1060. The first-order valence-corrected chi connectivity index (χ1v) is 11.3. The number of anilines is 1. The average molecular weight is 456 g/mol. The molecule has 0 saturated carbocycles. The van der Waals surface area contributed by atoms with Crippen LogP contribution in [0.4, 0.5) is 18.9 Å². The van der Waals surface area contributed by atoms with E-state index in [1.165, 1.54) is 11.8 Å². The van der Waals surface area contributed by atoms with Gasteiger partial charge in [-0.05, 0) is 50.1 Å². The number of piperazine rings is 1. The van der Waals surface area contributed by atoms with E-state index in [0.717, 1.165) is 22.9 Å². The van der Waals surface area contributed by atoms with Crippen molar-refractivity contribution < 1.29 is 26.4 Å². The second kappa shape index (κ2) is 8.49. The van der Waals surface area contributed by atoms with Crippen LogP contribution >= 0.6 is 0 Å². The lowest BCUT2D eigenvalue weighted by Gasteiger charge is -2.37. The van der Waals surface area contributed by atoms with Gasteiger partial charge in [0.15, 0.2) is 5.03 Å². The molecule has 10 heteroatoms. The fraction of sp³-hybridized carbons (Fsp3) is 0.429. The van der Waals surface area contributed by atoms with Crippen LogP contribution in [-0.2, 0) is 20.8 Å². The highest BCUT2D eigenvalue weighted by Crippen LogP contribution is 2.29. The van der Waals surface area contributed by atoms with Crippen LogP contribution in [0.5, 0.6) is 0 Å². The first-order chi connectivity index (χ1) is 14.4. The number of halogens is 3. The predicted octanol–water partition coefficient (Wildman–Crippen LogP) is 3.23. The molecule has 3 rings (SSSR count). The maximum absolute atomic E-state index is 12.8. The number of aromatic nitrogens is 1. The molecule has 1 fully saturated rings. The number of alkyl halides is 3. The van der Waals surface area contributed by atoms with Crippen LogP contribution in [0.1, 0.15) is 23.6 Å². The van der Waals surface area contributed by atoms with E-state index in [0.29, 0.717) is 38.4 Å². The van der Waals surface area contributed by atoms with Gasteiger partial charge in [-0.1, -0.05) is 12.1 Å². The predicted molar refractivity (Wildman–Crippen MR) is 111 cm³/mol. The van der Waals surface area contributed by atoms with Crippen LogP contribution < -0.4 is 4.90 Å². The van der Waals surface area contributed by atoms with E-state index in [1.807, 2.05) is 26.0 Å². The zero-order valence-electron chi connectivity index (χ0n) is 17.5. The number of carbonyl (C=O) groups is 1. The number of carbonyl (C=O) groups excluding carboxylic acids is 1. The van der Waals surface area contributed by atoms with Gasteiger partial charge in [0.05, 0.1) is 5.56 Å². The first-order valence-electron chi connectivity index (χ1n) is 9.79. The van der Waals surface area contributed by atoms with Gasteiger partial charge in [0, 0.05) is 38.1 Å². The van der Waals surface area contributed by atoms with Gasteiger partial charge in [0.25, 0.3) is 0 Å². The molecule has 1 aliphatic heterocycles. The SMILES string of the molecule is Cc1ccc(C)c(N2CCN(C(=O)C(C)S(=O)(=O)c3ccc(C(F)(F)F)cn3)CC2)c1. The molecule has 1 atom stereocenters. The van der Waals surface area contributed by atoms with Crippen LogP contribution in [0.25, 0.3) is 0 Å². The number of benzene rings is 1. The van der Waals surface area contributed by atoms with Crippen LogP contribution in [0.2, 0.25) is 0 Å². The molecule has 1 saturated heterocycles. The fourth-order valence-electron chi connectivity index (χ4n) is 3.52. The highest BCUT2D eigenvalue weighted by molar-refractivity contribution is 7.92. The molecule has 0 radical (unpaired) electrons. The Morgan fingerprint density at radius 2 is 1.71 bits per heavy atom. The molecule has 1 aliphatic rings. The number of hydrogen-bond acceptors (Lipinski definition) is 5. The van der Waals surface area contributed by atoms with Gasteiger partial charge < -0.3 is 9.80 Å². The van der Waals surface area contributed by atoms with Crippen molar-refractivity contribution in [2.24, 2.45) is 0 Å². The second-order valence-corrected chi connectivity index (χ2v) is 9.89. The number of hydrogen-bond donors (Lipinski definition) is 0. The van der Waals surface area contributed by atoms with E-state index in [1.54, 1.807) is 0 Å². The largest absolute Gasteiger partial charge is 0.417 e. The number of aryl methyl sites for hydroxylation is 2. The van der Waals surface area contributed by atoms with Crippen molar-refractivity contribution in [2.75, 3.05) is 31.1 Å². The summed E-state index contributed by atoms with van der Waals surface area (Å²) in [7, 11) is -4.21. The van der Waals surface area contributed by atoms with Crippen LogP contribution in [0.15, 0.2) is 41.6 Å². The van der Waals surface area contributed by atoms with Gasteiger partial charge >= 0.3 is 6.18 Å². The maximum Gasteiger partial charge on any atom is 0.417 e. The molecular weight excluding hydrogens is 431 g/mol. The molecule has 0 bridgehead atoms. The van der Waals surface area contributed by atoms with E-state index in [9.17, 15) is 26.4 Å². The lowest BCUT2D eigenvalue weighted by Crippen LogP contribution is -2.52. The summed E-state index contributed by atoms with van der Waals surface area (Å²) < 4.78 is 63.6. The Balaban J connectivity index is 1.69. The summed E-state index contributed by atoms with van der Waals surface area (Å²) in [6.45, 7) is 7.08. The number of sulfone groups is 1. The molecule has 168 valence electrons. The van der Waals surface area contributed by atoms with Crippen molar-refractivity contribution in [3.05, 3.63) is 53.2 Å². The summed E-state index contributed by atoms with van der Waals surface area (Å²) in [5.74, 6) is -0.581. The summed E-state index contributed by atoms with van der Waals surface area (Å²) >= 11 is 0. The molecule has 1 unspecified atom stereocenters. The molecule has 2 aromatic rings. The fourth-order valence-corrected chi connectivity index (χ4v) is 4.75. The highest BCUT2D eigenvalue weighted by Gasteiger charge is 2.36. The summed E-state index contributed by atoms with van der Waals surface area (Å²) in [5.41, 5.74) is 2.28. The molecule has 6 nitrogen and oxygen atoms in total. The third-order valence-electron chi connectivity index (χ3n) is 5.47. The smallest absolute Gasteiger partial charge is 0.368 e. The average Bonchev–Trinajstić information content (AvgIpc) is 2.74. The second-order valence-electron chi connectivity index (χ2n) is 7.67. The Morgan fingerprint density at radius 3 is 2.26 bits per heavy atom. The van der Waals surface area contributed by atoms with Crippen LogP contribution in [0, 0.1) is 13.8 Å². The third-order valence-corrected chi connectivity index (χ3v) is 7.42. The summed E-state index contributed by atoms with van der Waals surface area (Å²) in [6.07, 6.45) is -4.15. The summed E-state index contributed by atoms with van der Waals surface area (Å²) in [6, 6.07) is 7.59.